The molecule has 2 aromatic rings. The molecule has 0 aliphatic carbocycles. The smallest absolute Gasteiger partial charge is 0.268 e. The van der Waals surface area contributed by atoms with Gasteiger partial charge in [0.1, 0.15) is 16.7 Å². The first kappa shape index (κ1) is 17.6. The van der Waals surface area contributed by atoms with Crippen molar-refractivity contribution in [3.05, 3.63) is 58.0 Å². The van der Waals surface area contributed by atoms with Crippen LogP contribution in [0.25, 0.3) is 12.7 Å². The number of H-pyrrole nitrogens is 1. The number of ketones is 1. The maximum absolute atomic E-state index is 12.8. The summed E-state index contributed by atoms with van der Waals surface area (Å²) in [5, 5.41) is 3.91. The van der Waals surface area contributed by atoms with Gasteiger partial charge in [-0.05, 0) is 36.4 Å². The predicted molar refractivity (Wildman–Crippen MR) is 92.3 cm³/mol. The summed E-state index contributed by atoms with van der Waals surface area (Å²) in [5.41, 5.74) is 0.569. The monoisotopic (exact) mass is 347 g/mol. The summed E-state index contributed by atoms with van der Waals surface area (Å²) in [6.07, 6.45) is 1.57. The lowest BCUT2D eigenvalue weighted by Crippen LogP contribution is -2.30. The van der Waals surface area contributed by atoms with Gasteiger partial charge in [0.2, 0.25) is 0 Å². The van der Waals surface area contributed by atoms with E-state index in [9.17, 15) is 14.0 Å². The highest BCUT2D eigenvalue weighted by Crippen LogP contribution is 2.03. The molecular weight excluding hydrogens is 333 g/mol. The summed E-state index contributed by atoms with van der Waals surface area (Å²) < 4.78 is 12.8. The topological polar surface area (TPSA) is 74.3 Å². The van der Waals surface area contributed by atoms with Gasteiger partial charge < -0.3 is 10.3 Å². The molecule has 0 aliphatic rings. The number of Topliss-reactive ketones (excluding diaryl/α,β-unsaturated/α-hetero) is 1. The van der Waals surface area contributed by atoms with Crippen LogP contribution in [0.15, 0.2) is 35.3 Å². The van der Waals surface area contributed by atoms with Gasteiger partial charge in [0, 0.05) is 23.2 Å². The molecule has 0 fully saturated rings. The highest BCUT2D eigenvalue weighted by molar-refractivity contribution is 6.72. The molecule has 0 saturated carbocycles. The number of aromatic amines is 1. The quantitative estimate of drug-likeness (QED) is 0.630. The molecule has 1 amide bonds. The molecular formula is C17H15ClFN3O2. The molecule has 0 radical (unpaired) electrons. The maximum Gasteiger partial charge on any atom is 0.268 e. The average molecular weight is 348 g/mol. The van der Waals surface area contributed by atoms with Crippen LogP contribution >= 0.6 is 11.6 Å². The fourth-order valence-corrected chi connectivity index (χ4v) is 2.07. The van der Waals surface area contributed by atoms with Gasteiger partial charge in [0.05, 0.1) is 6.54 Å². The molecule has 0 atom stereocenters. The van der Waals surface area contributed by atoms with Gasteiger partial charge >= 0.3 is 0 Å². The van der Waals surface area contributed by atoms with Crippen molar-refractivity contribution in [3.8, 4) is 0 Å². The second-order valence-corrected chi connectivity index (χ2v) is 5.31. The van der Waals surface area contributed by atoms with E-state index in [0.717, 1.165) is 0 Å². The Kier molecular flexibility index (Phi) is 5.65. The number of carbonyl (C=O) groups is 2. The van der Waals surface area contributed by atoms with Crippen LogP contribution in [0.2, 0.25) is 0 Å². The van der Waals surface area contributed by atoms with Gasteiger partial charge in [-0.2, -0.15) is 0 Å². The van der Waals surface area contributed by atoms with E-state index in [1.165, 1.54) is 24.3 Å². The second kappa shape index (κ2) is 7.70. The molecule has 1 aromatic heterocycles. The zero-order chi connectivity index (χ0) is 17.7. The fourth-order valence-electron chi connectivity index (χ4n) is 1.95. The Hall–Kier alpha value is -2.73. The number of rotatable bonds is 5. The first-order valence-electron chi connectivity index (χ1n) is 6.99. The van der Waals surface area contributed by atoms with Crippen LogP contribution in [-0.4, -0.2) is 35.4 Å². The molecule has 7 heteroatoms. The molecule has 124 valence electrons. The minimum Gasteiger partial charge on any atom is -0.351 e. The van der Waals surface area contributed by atoms with Gasteiger partial charge in [0.25, 0.3) is 5.91 Å². The van der Waals surface area contributed by atoms with Crippen molar-refractivity contribution in [3.63, 3.8) is 0 Å². The normalized spacial score (nSPS) is 12.3. The van der Waals surface area contributed by atoms with E-state index in [-0.39, 0.29) is 23.2 Å². The van der Waals surface area contributed by atoms with Crippen LogP contribution in [0, 0.1) is 5.82 Å². The Bertz CT molecular complexity index is 901. The van der Waals surface area contributed by atoms with E-state index in [2.05, 4.69) is 21.9 Å². The zero-order valence-electron chi connectivity index (χ0n) is 12.9. The molecule has 0 bridgehead atoms. The number of benzene rings is 1. The molecule has 5 nitrogen and oxygen atoms in total. The first-order chi connectivity index (χ1) is 11.4. The van der Waals surface area contributed by atoms with Gasteiger partial charge in [-0.25, -0.2) is 4.39 Å². The molecule has 2 rings (SSSR count). The number of nitrogens with one attached hydrogen (secondary N) is 2. The lowest BCUT2D eigenvalue weighted by Gasteiger charge is -2.03. The molecule has 1 heterocycles. The summed E-state index contributed by atoms with van der Waals surface area (Å²) in [6, 6.07) is 6.68. The van der Waals surface area contributed by atoms with Crippen LogP contribution in [0.3, 0.4) is 0 Å². The Labute approximate surface area is 142 Å². The highest BCUT2D eigenvalue weighted by Gasteiger charge is 2.11. The van der Waals surface area contributed by atoms with Crippen LogP contribution in [-0.2, 0) is 0 Å². The summed E-state index contributed by atoms with van der Waals surface area (Å²) in [6.45, 7) is 3.58. The maximum atomic E-state index is 12.8. The lowest BCUT2D eigenvalue weighted by molar-refractivity contribution is 0.0901. The van der Waals surface area contributed by atoms with E-state index < -0.39 is 11.7 Å². The van der Waals surface area contributed by atoms with Crippen LogP contribution in [0.5, 0.6) is 0 Å². The van der Waals surface area contributed by atoms with E-state index in [1.54, 1.807) is 19.2 Å². The Morgan fingerprint density at radius 3 is 2.67 bits per heavy atom. The van der Waals surface area contributed by atoms with Crippen LogP contribution in [0.1, 0.15) is 20.8 Å². The molecule has 0 aliphatic heterocycles. The standard InChI is InChI=1S/C17H15ClFN3O2/c1-10-12(8-16(18)20-2)7-14(22-10)17(24)21-9-15(23)11-3-5-13(19)6-4-11/h3-8,22H,1,9H2,2H3,(H,21,24)/b12-8-,20-16+. The molecule has 2 N–H and O–H groups in total. The third kappa shape index (κ3) is 4.39. The SMILES string of the molecule is C=c1[nH]c(C(=O)NCC(=O)c2ccc(F)cc2)c/c1=C/C(Cl)=N\C. The first-order valence-corrected chi connectivity index (χ1v) is 7.37. The number of amides is 1. The van der Waals surface area contributed by atoms with E-state index in [0.29, 0.717) is 16.1 Å². The number of carbonyl (C=O) groups excluding carboxylic acids is 2. The Morgan fingerprint density at radius 2 is 2.04 bits per heavy atom. The Balaban J connectivity index is 2.07. The summed E-state index contributed by atoms with van der Waals surface area (Å²) in [4.78, 5) is 30.7. The van der Waals surface area contributed by atoms with Crippen molar-refractivity contribution < 1.29 is 14.0 Å². The van der Waals surface area contributed by atoms with Gasteiger partial charge in [0.15, 0.2) is 5.78 Å². The van der Waals surface area contributed by atoms with Crippen molar-refractivity contribution in [1.82, 2.24) is 10.3 Å². The number of aliphatic imine (C=N–C) groups is 1. The van der Waals surface area contributed by atoms with Gasteiger partial charge in [-0.3, -0.25) is 14.6 Å². The van der Waals surface area contributed by atoms with Crippen molar-refractivity contribution >= 4 is 41.1 Å². The number of halogens is 2. The van der Waals surface area contributed by atoms with Crippen LogP contribution < -0.4 is 15.9 Å². The number of nitrogens with zero attached hydrogens (tertiary/aromatic N) is 1. The summed E-state index contributed by atoms with van der Waals surface area (Å²) >= 11 is 5.82. The van der Waals surface area contributed by atoms with E-state index >= 15 is 0 Å². The number of hydrogen-bond donors (Lipinski definition) is 2. The Morgan fingerprint density at radius 1 is 1.38 bits per heavy atom. The van der Waals surface area contributed by atoms with Crippen molar-refractivity contribution in [1.29, 1.82) is 0 Å². The average Bonchev–Trinajstić information content (AvgIpc) is 2.93. The molecule has 0 spiro atoms. The second-order valence-electron chi connectivity index (χ2n) is 4.92. The molecule has 24 heavy (non-hydrogen) atoms. The van der Waals surface area contributed by atoms with Gasteiger partial charge in [-0.1, -0.05) is 18.2 Å². The van der Waals surface area contributed by atoms with Crippen molar-refractivity contribution in [2.45, 2.75) is 0 Å². The highest BCUT2D eigenvalue weighted by atomic mass is 35.5. The number of hydrogen-bond acceptors (Lipinski definition) is 3. The van der Waals surface area contributed by atoms with Crippen molar-refractivity contribution in [2.24, 2.45) is 4.99 Å². The predicted octanol–water partition coefficient (Wildman–Crippen LogP) is 1.22. The summed E-state index contributed by atoms with van der Waals surface area (Å²) in [5.74, 6) is -1.21. The summed E-state index contributed by atoms with van der Waals surface area (Å²) in [7, 11) is 1.54. The fraction of sp³-hybridized carbons (Fsp3) is 0.118. The van der Waals surface area contributed by atoms with Crippen molar-refractivity contribution in [2.75, 3.05) is 13.6 Å². The third-order valence-electron chi connectivity index (χ3n) is 3.24. The largest absolute Gasteiger partial charge is 0.351 e. The molecule has 0 unspecified atom stereocenters. The molecule has 0 saturated heterocycles. The number of aromatic nitrogens is 1. The zero-order valence-corrected chi connectivity index (χ0v) is 13.7. The minimum atomic E-state index is -0.459. The van der Waals surface area contributed by atoms with Crippen LogP contribution in [0.4, 0.5) is 4.39 Å². The lowest BCUT2D eigenvalue weighted by atomic mass is 10.1. The molecule has 1 aromatic carbocycles. The van der Waals surface area contributed by atoms with E-state index in [4.69, 9.17) is 11.6 Å². The van der Waals surface area contributed by atoms with E-state index in [1.807, 2.05) is 0 Å². The third-order valence-corrected chi connectivity index (χ3v) is 3.52. The minimum absolute atomic E-state index is 0.202. The van der Waals surface area contributed by atoms with Gasteiger partial charge in [-0.15, -0.1) is 0 Å².